The predicted molar refractivity (Wildman–Crippen MR) is 64.7 cm³/mol. The lowest BCUT2D eigenvalue weighted by Gasteiger charge is -2.19. The van der Waals surface area contributed by atoms with Gasteiger partial charge in [-0.15, -0.1) is 0 Å². The van der Waals surface area contributed by atoms with E-state index >= 15 is 0 Å². The molecule has 0 saturated carbocycles. The van der Waals surface area contributed by atoms with Crippen molar-refractivity contribution >= 4 is 25.8 Å². The van der Waals surface area contributed by atoms with Gasteiger partial charge in [-0.3, -0.25) is 0 Å². The van der Waals surface area contributed by atoms with Crippen LogP contribution in [0.1, 0.15) is 20.8 Å². The number of hydrogen-bond donors (Lipinski definition) is 1. The molecule has 0 aromatic rings. The number of alkyl carbamates (subject to hydrolysis) is 1. The van der Waals surface area contributed by atoms with Gasteiger partial charge in [0.25, 0.3) is 0 Å². The lowest BCUT2D eigenvalue weighted by atomic mass is 10.2. The fourth-order valence-corrected chi connectivity index (χ4v) is 1.31. The van der Waals surface area contributed by atoms with Gasteiger partial charge in [-0.25, -0.2) is 13.2 Å². The summed E-state index contributed by atoms with van der Waals surface area (Å²) in [5.74, 6) is -0.249. The molecule has 0 rings (SSSR count). The summed E-state index contributed by atoms with van der Waals surface area (Å²) in [4.78, 5) is 11.1. The van der Waals surface area contributed by atoms with Gasteiger partial charge in [0, 0.05) is 17.2 Å². The zero-order chi connectivity index (χ0) is 13.5. The Kier molecular flexibility index (Phi) is 6.81. The van der Waals surface area contributed by atoms with E-state index in [2.05, 4.69) is 5.32 Å². The van der Waals surface area contributed by atoms with Crippen molar-refractivity contribution < 1.29 is 22.7 Å². The smallest absolute Gasteiger partial charge is 0.407 e. The van der Waals surface area contributed by atoms with E-state index in [4.69, 9.17) is 20.2 Å². The first-order valence-electron chi connectivity index (χ1n) is 5.07. The van der Waals surface area contributed by atoms with Crippen molar-refractivity contribution in [3.8, 4) is 0 Å². The lowest BCUT2D eigenvalue weighted by molar-refractivity contribution is 0.0503. The highest BCUT2D eigenvalue weighted by atomic mass is 35.7. The van der Waals surface area contributed by atoms with Crippen LogP contribution in [0, 0.1) is 0 Å². The lowest BCUT2D eigenvalue weighted by Crippen LogP contribution is -2.34. The number of carbonyl (C=O) groups excluding carboxylic acids is 1. The minimum Gasteiger partial charge on any atom is -0.444 e. The van der Waals surface area contributed by atoms with Crippen LogP contribution in [0.2, 0.25) is 0 Å². The number of nitrogens with one attached hydrogen (secondary N) is 1. The first-order valence-corrected chi connectivity index (χ1v) is 7.55. The molecule has 0 aliphatic carbocycles. The van der Waals surface area contributed by atoms with E-state index < -0.39 is 20.7 Å². The van der Waals surface area contributed by atoms with Gasteiger partial charge < -0.3 is 14.8 Å². The maximum atomic E-state index is 11.1. The quantitative estimate of drug-likeness (QED) is 0.584. The van der Waals surface area contributed by atoms with Crippen LogP contribution < -0.4 is 5.32 Å². The van der Waals surface area contributed by atoms with E-state index in [1.807, 2.05) is 0 Å². The van der Waals surface area contributed by atoms with Gasteiger partial charge in [-0.05, 0) is 20.8 Å². The van der Waals surface area contributed by atoms with E-state index in [1.165, 1.54) is 0 Å². The summed E-state index contributed by atoms with van der Waals surface area (Å²) in [5, 5.41) is 2.47. The van der Waals surface area contributed by atoms with Crippen LogP contribution in [0.4, 0.5) is 4.79 Å². The molecule has 0 aromatic heterocycles. The standard InChI is InChI=1S/C9H18ClNO5S/c1-9(2,3)16-8(12)11-4-5-15-6-7-17(10,13)14/h4-7H2,1-3H3,(H,11,12). The first kappa shape index (κ1) is 16.5. The Labute approximate surface area is 106 Å². The van der Waals surface area contributed by atoms with Crippen molar-refractivity contribution in [2.75, 3.05) is 25.5 Å². The van der Waals surface area contributed by atoms with E-state index in [0.29, 0.717) is 0 Å². The molecule has 1 amide bonds. The monoisotopic (exact) mass is 287 g/mol. The molecule has 8 heteroatoms. The third kappa shape index (κ3) is 13.4. The second-order valence-electron chi connectivity index (χ2n) is 4.28. The molecule has 0 atom stereocenters. The largest absolute Gasteiger partial charge is 0.444 e. The predicted octanol–water partition coefficient (Wildman–Crippen LogP) is 1.10. The zero-order valence-electron chi connectivity index (χ0n) is 10.2. The Hall–Kier alpha value is -0.530. The minimum absolute atomic E-state index is 0.00182. The number of ether oxygens (including phenoxy) is 2. The second kappa shape index (κ2) is 7.03. The zero-order valence-corrected chi connectivity index (χ0v) is 11.7. The fraction of sp³-hybridized carbons (Fsp3) is 0.889. The highest BCUT2D eigenvalue weighted by molar-refractivity contribution is 8.13. The van der Waals surface area contributed by atoms with E-state index in [-0.39, 0.29) is 25.5 Å². The molecular weight excluding hydrogens is 270 g/mol. The normalized spacial score (nSPS) is 12.2. The number of carbonyl (C=O) groups is 1. The summed E-state index contributed by atoms with van der Waals surface area (Å²) in [6.45, 7) is 5.72. The van der Waals surface area contributed by atoms with Gasteiger partial charge in [0.05, 0.1) is 19.0 Å². The Bertz CT molecular complexity index is 336. The van der Waals surface area contributed by atoms with Crippen LogP contribution in [-0.4, -0.2) is 45.6 Å². The van der Waals surface area contributed by atoms with Gasteiger partial charge in [-0.1, -0.05) is 0 Å². The fourth-order valence-electron chi connectivity index (χ4n) is 0.800. The van der Waals surface area contributed by atoms with E-state index in [9.17, 15) is 13.2 Å². The van der Waals surface area contributed by atoms with Crippen molar-refractivity contribution in [3.05, 3.63) is 0 Å². The van der Waals surface area contributed by atoms with Crippen molar-refractivity contribution in [3.63, 3.8) is 0 Å². The third-order valence-electron chi connectivity index (χ3n) is 1.39. The topological polar surface area (TPSA) is 81.7 Å². The van der Waals surface area contributed by atoms with E-state index in [1.54, 1.807) is 20.8 Å². The van der Waals surface area contributed by atoms with Gasteiger partial charge in [0.1, 0.15) is 5.60 Å². The van der Waals surface area contributed by atoms with Crippen LogP contribution in [0.3, 0.4) is 0 Å². The molecular formula is C9H18ClNO5S. The van der Waals surface area contributed by atoms with Crippen molar-refractivity contribution in [1.82, 2.24) is 5.32 Å². The Morgan fingerprint density at radius 2 is 1.88 bits per heavy atom. The van der Waals surface area contributed by atoms with Crippen molar-refractivity contribution in [1.29, 1.82) is 0 Å². The molecule has 0 heterocycles. The number of hydrogen-bond acceptors (Lipinski definition) is 5. The molecule has 0 spiro atoms. The molecule has 0 bridgehead atoms. The van der Waals surface area contributed by atoms with Crippen LogP contribution in [-0.2, 0) is 18.5 Å². The summed E-state index contributed by atoms with van der Waals surface area (Å²) in [6.07, 6.45) is -0.536. The molecule has 0 radical (unpaired) electrons. The minimum atomic E-state index is -3.52. The van der Waals surface area contributed by atoms with Crippen molar-refractivity contribution in [2.45, 2.75) is 26.4 Å². The molecule has 0 aromatic carbocycles. The molecule has 0 aliphatic heterocycles. The summed E-state index contributed by atoms with van der Waals surface area (Å²) < 4.78 is 31.0. The molecule has 0 aliphatic rings. The maximum absolute atomic E-state index is 11.1. The Morgan fingerprint density at radius 1 is 1.29 bits per heavy atom. The number of halogens is 1. The number of rotatable bonds is 6. The molecule has 1 N–H and O–H groups in total. The molecule has 102 valence electrons. The van der Waals surface area contributed by atoms with Crippen LogP contribution in [0.15, 0.2) is 0 Å². The molecule has 0 fully saturated rings. The van der Waals surface area contributed by atoms with Crippen LogP contribution in [0.5, 0.6) is 0 Å². The number of amides is 1. The van der Waals surface area contributed by atoms with Gasteiger partial charge in [0.2, 0.25) is 9.05 Å². The van der Waals surface area contributed by atoms with Gasteiger partial charge in [0.15, 0.2) is 0 Å². The van der Waals surface area contributed by atoms with Gasteiger partial charge >= 0.3 is 6.09 Å². The maximum Gasteiger partial charge on any atom is 0.407 e. The SMILES string of the molecule is CC(C)(C)OC(=O)NCCOCCS(=O)(=O)Cl. The van der Waals surface area contributed by atoms with E-state index in [0.717, 1.165) is 0 Å². The summed E-state index contributed by atoms with van der Waals surface area (Å²) in [6, 6.07) is 0. The second-order valence-corrected chi connectivity index (χ2v) is 7.18. The third-order valence-corrected chi connectivity index (χ3v) is 2.50. The van der Waals surface area contributed by atoms with Crippen molar-refractivity contribution in [2.24, 2.45) is 0 Å². The first-order chi connectivity index (χ1) is 7.60. The summed E-state index contributed by atoms with van der Waals surface area (Å²) in [7, 11) is 1.46. The Morgan fingerprint density at radius 3 is 2.35 bits per heavy atom. The Balaban J connectivity index is 3.50. The molecule has 17 heavy (non-hydrogen) atoms. The van der Waals surface area contributed by atoms with Crippen LogP contribution in [0.25, 0.3) is 0 Å². The summed E-state index contributed by atoms with van der Waals surface area (Å²) in [5.41, 5.74) is -0.544. The van der Waals surface area contributed by atoms with Crippen LogP contribution >= 0.6 is 10.7 Å². The van der Waals surface area contributed by atoms with Gasteiger partial charge in [-0.2, -0.15) is 0 Å². The summed E-state index contributed by atoms with van der Waals surface area (Å²) >= 11 is 0. The highest BCUT2D eigenvalue weighted by Gasteiger charge is 2.15. The molecule has 0 unspecified atom stereocenters. The molecule has 6 nitrogen and oxygen atoms in total. The average molecular weight is 288 g/mol. The highest BCUT2D eigenvalue weighted by Crippen LogP contribution is 2.06. The average Bonchev–Trinajstić information content (AvgIpc) is 2.06. The molecule has 0 saturated heterocycles.